The number of hydroxylamine groups is 2. The zero-order valence-corrected chi connectivity index (χ0v) is 22.3. The van der Waals surface area contributed by atoms with Crippen LogP contribution in [0.25, 0.3) is 0 Å². The Kier molecular flexibility index (Phi) is 7.41. The van der Waals surface area contributed by atoms with Crippen molar-refractivity contribution in [3.05, 3.63) is 12.2 Å². The number of halogens is 6. The third kappa shape index (κ3) is 4.34. The highest BCUT2D eigenvalue weighted by Crippen LogP contribution is 2.57. The van der Waals surface area contributed by atoms with E-state index in [4.69, 9.17) is 4.74 Å². The molecule has 2 aliphatic carbocycles. The van der Waals surface area contributed by atoms with Crippen LogP contribution in [0.15, 0.2) is 12.2 Å². The van der Waals surface area contributed by atoms with Gasteiger partial charge in [0.25, 0.3) is 21.8 Å². The summed E-state index contributed by atoms with van der Waals surface area (Å²) in [5.41, 5.74) is -0.0419. The van der Waals surface area contributed by atoms with Crippen LogP contribution in [0.2, 0.25) is 0 Å². The molecule has 2 heterocycles. The molecule has 2 aliphatic heterocycles. The van der Waals surface area contributed by atoms with Crippen molar-refractivity contribution in [2.24, 2.45) is 23.7 Å². The van der Waals surface area contributed by atoms with Gasteiger partial charge in [-0.2, -0.15) is 39.1 Å². The van der Waals surface area contributed by atoms with Crippen molar-refractivity contribution in [3.63, 3.8) is 0 Å². The molecule has 226 valence electrons. The molecular formula is C21H24F6N2O9S2. The zero-order valence-electron chi connectivity index (χ0n) is 20.7. The van der Waals surface area contributed by atoms with Crippen molar-refractivity contribution in [2.75, 3.05) is 13.1 Å². The van der Waals surface area contributed by atoms with E-state index in [0.717, 1.165) is 0 Å². The van der Waals surface area contributed by atoms with Crippen molar-refractivity contribution in [3.8, 4) is 0 Å². The molecule has 4 aliphatic rings. The van der Waals surface area contributed by atoms with Crippen molar-refractivity contribution in [1.82, 2.24) is 9.37 Å². The van der Waals surface area contributed by atoms with Gasteiger partial charge in [0.15, 0.2) is 0 Å². The fourth-order valence-electron chi connectivity index (χ4n) is 5.69. The molecule has 2 amide bonds. The second kappa shape index (κ2) is 9.65. The number of rotatable bonds is 9. The Morgan fingerprint density at radius 2 is 1.35 bits per heavy atom. The Labute approximate surface area is 224 Å². The Morgan fingerprint density at radius 3 is 1.80 bits per heavy atom. The van der Waals surface area contributed by atoms with Crippen LogP contribution in [-0.2, 0) is 43.5 Å². The molecular weight excluding hydrogens is 602 g/mol. The minimum absolute atomic E-state index is 0.0419. The van der Waals surface area contributed by atoms with E-state index in [0.29, 0.717) is 19.3 Å². The Balaban J connectivity index is 1.52. The van der Waals surface area contributed by atoms with Crippen molar-refractivity contribution in [1.29, 1.82) is 0 Å². The third-order valence-electron chi connectivity index (χ3n) is 7.79. The lowest BCUT2D eigenvalue weighted by Gasteiger charge is -2.37. The SMILES string of the molecule is C=C(C)C(=O)OC1CCN(S(=O)(=O)C(F)(F)C(F)(F)C(F)(F)S(=O)(=O)ON2C(=O)C3C4CCC(C4)C3C2=O)CC1. The van der Waals surface area contributed by atoms with E-state index < -0.39 is 115 Å². The number of hydrogen-bond donors (Lipinski definition) is 0. The third-order valence-corrected chi connectivity index (χ3v) is 11.0. The van der Waals surface area contributed by atoms with Gasteiger partial charge in [-0.25, -0.2) is 13.2 Å². The molecule has 0 radical (unpaired) electrons. The first-order valence-corrected chi connectivity index (χ1v) is 14.9. The summed E-state index contributed by atoms with van der Waals surface area (Å²) in [6, 6.07) is 0. The molecule has 19 heteroatoms. The maximum absolute atomic E-state index is 14.7. The lowest BCUT2D eigenvalue weighted by molar-refractivity contribution is -0.249. The second-order valence-electron chi connectivity index (χ2n) is 10.3. The van der Waals surface area contributed by atoms with Gasteiger partial charge < -0.3 is 4.74 Å². The summed E-state index contributed by atoms with van der Waals surface area (Å²) in [5.74, 6) is -13.9. The van der Waals surface area contributed by atoms with Crippen LogP contribution in [0, 0.1) is 23.7 Å². The Morgan fingerprint density at radius 1 is 0.875 bits per heavy atom. The topological polar surface area (TPSA) is 144 Å². The predicted molar refractivity (Wildman–Crippen MR) is 119 cm³/mol. The molecule has 4 atom stereocenters. The molecule has 0 aromatic rings. The number of nitrogens with zero attached hydrogens (tertiary/aromatic N) is 2. The number of hydrogen-bond acceptors (Lipinski definition) is 9. The number of carbonyl (C=O) groups is 3. The first-order valence-electron chi connectivity index (χ1n) is 12.0. The van der Waals surface area contributed by atoms with Gasteiger partial charge in [-0.05, 0) is 50.9 Å². The van der Waals surface area contributed by atoms with E-state index in [9.17, 15) is 57.6 Å². The lowest BCUT2D eigenvalue weighted by atomic mass is 9.81. The number of piperidine rings is 1. The quantitative estimate of drug-likeness (QED) is 0.162. The normalized spacial score (nSPS) is 28.7. The van der Waals surface area contributed by atoms with Gasteiger partial charge in [0.1, 0.15) is 6.10 Å². The highest BCUT2D eigenvalue weighted by Gasteiger charge is 2.83. The summed E-state index contributed by atoms with van der Waals surface area (Å²) < 4.78 is 146. The van der Waals surface area contributed by atoms with Crippen molar-refractivity contribution >= 4 is 37.9 Å². The number of ether oxygens (including phenoxy) is 1. The summed E-state index contributed by atoms with van der Waals surface area (Å²) in [6.07, 6.45) is -0.596. The largest absolute Gasteiger partial charge is 0.459 e. The average Bonchev–Trinajstić information content (AvgIpc) is 3.54. The molecule has 0 aromatic carbocycles. The number of sulfonamides is 1. The zero-order chi connectivity index (χ0) is 30.2. The molecule has 0 aromatic heterocycles. The summed E-state index contributed by atoms with van der Waals surface area (Å²) in [6.45, 7) is 2.67. The molecule has 4 rings (SSSR count). The highest BCUT2D eigenvalue weighted by atomic mass is 32.2. The number of imide groups is 1. The minimum atomic E-state index is -7.24. The van der Waals surface area contributed by atoms with Gasteiger partial charge in [0.2, 0.25) is 0 Å². The maximum atomic E-state index is 14.7. The fraction of sp³-hybridized carbons (Fsp3) is 0.762. The van der Waals surface area contributed by atoms with E-state index >= 15 is 0 Å². The Bertz CT molecular complexity index is 1320. The van der Waals surface area contributed by atoms with Gasteiger partial charge in [-0.1, -0.05) is 6.58 Å². The van der Waals surface area contributed by atoms with Crippen LogP contribution in [0.3, 0.4) is 0 Å². The fourth-order valence-corrected chi connectivity index (χ4v) is 8.10. The molecule has 4 fully saturated rings. The van der Waals surface area contributed by atoms with Crippen LogP contribution >= 0.6 is 0 Å². The average molecular weight is 627 g/mol. The first kappa shape index (κ1) is 30.7. The van der Waals surface area contributed by atoms with Gasteiger partial charge >= 0.3 is 32.5 Å². The maximum Gasteiger partial charge on any atom is 0.441 e. The van der Waals surface area contributed by atoms with Crippen LogP contribution in [0.4, 0.5) is 26.3 Å². The number of amides is 2. The number of carbonyl (C=O) groups excluding carboxylic acids is 3. The molecule has 0 spiro atoms. The molecule has 2 saturated heterocycles. The molecule has 4 unspecified atom stereocenters. The summed E-state index contributed by atoms with van der Waals surface area (Å²) in [4.78, 5) is 36.6. The van der Waals surface area contributed by atoms with E-state index in [1.807, 2.05) is 0 Å². The van der Waals surface area contributed by atoms with E-state index in [2.05, 4.69) is 10.9 Å². The molecule has 2 bridgehead atoms. The van der Waals surface area contributed by atoms with Gasteiger partial charge in [-0.15, -0.1) is 9.35 Å². The van der Waals surface area contributed by atoms with Crippen LogP contribution in [0.5, 0.6) is 0 Å². The van der Waals surface area contributed by atoms with E-state index in [-0.39, 0.29) is 9.88 Å². The second-order valence-corrected chi connectivity index (χ2v) is 13.8. The first-order chi connectivity index (χ1) is 18.2. The molecule has 2 saturated carbocycles. The number of alkyl halides is 6. The van der Waals surface area contributed by atoms with Crippen LogP contribution in [0.1, 0.15) is 39.0 Å². The van der Waals surface area contributed by atoms with E-state index in [1.165, 1.54) is 6.92 Å². The lowest BCUT2D eigenvalue weighted by Crippen LogP contribution is -2.64. The van der Waals surface area contributed by atoms with Gasteiger partial charge in [0.05, 0.1) is 11.8 Å². The minimum Gasteiger partial charge on any atom is -0.459 e. The predicted octanol–water partition coefficient (Wildman–Crippen LogP) is 2.01. The molecule has 0 N–H and O–H groups in total. The van der Waals surface area contributed by atoms with Crippen LogP contribution in [-0.4, -0.2) is 79.6 Å². The van der Waals surface area contributed by atoms with Gasteiger partial charge in [-0.3, -0.25) is 9.59 Å². The summed E-state index contributed by atoms with van der Waals surface area (Å²) >= 11 is 0. The molecule has 11 nitrogen and oxygen atoms in total. The van der Waals surface area contributed by atoms with Crippen molar-refractivity contribution < 1.29 is 66.6 Å². The Hall–Kier alpha value is -2.25. The number of fused-ring (bicyclic) bond motifs is 5. The van der Waals surface area contributed by atoms with E-state index in [1.54, 1.807) is 0 Å². The monoisotopic (exact) mass is 626 g/mol. The van der Waals surface area contributed by atoms with Crippen LogP contribution < -0.4 is 0 Å². The van der Waals surface area contributed by atoms with Gasteiger partial charge in [0, 0.05) is 18.7 Å². The van der Waals surface area contributed by atoms with Crippen molar-refractivity contribution in [2.45, 2.75) is 61.6 Å². The number of esters is 1. The smallest absolute Gasteiger partial charge is 0.441 e. The summed E-state index contributed by atoms with van der Waals surface area (Å²) in [5, 5.41) is -14.3. The highest BCUT2D eigenvalue weighted by molar-refractivity contribution is 7.90. The summed E-state index contributed by atoms with van der Waals surface area (Å²) in [7, 11) is -13.9. The molecule has 40 heavy (non-hydrogen) atoms. The standard InChI is InChI=1S/C21H24F6N2O9S2/c1-10(2)18(32)37-13-5-7-28(8-6-13)39(33,34)20(24,25)19(22,23)21(26,27)40(35,36)38-29-16(30)14-11-3-4-12(9-11)15(14)17(29)31/h11-15H,1,3-9H2,2H3.